The summed E-state index contributed by atoms with van der Waals surface area (Å²) in [7, 11) is 0. The minimum atomic E-state index is -0.138. The molecule has 13 heavy (non-hydrogen) atoms. The highest BCUT2D eigenvalue weighted by Crippen LogP contribution is 2.04. The molecule has 1 saturated heterocycles. The number of carbonyl (C=O) groups is 1. The summed E-state index contributed by atoms with van der Waals surface area (Å²) in [5, 5.41) is 3.16. The molecule has 0 aromatic heterocycles. The Balaban J connectivity index is 0.00000144. The van der Waals surface area contributed by atoms with Gasteiger partial charge < -0.3 is 10.1 Å². The van der Waals surface area contributed by atoms with E-state index >= 15 is 0 Å². The van der Waals surface area contributed by atoms with Gasteiger partial charge in [0.05, 0.1) is 13.0 Å². The molecule has 0 unspecified atom stereocenters. The number of hydrogen-bond acceptors (Lipinski definition) is 3. The molecule has 1 fully saturated rings. The Morgan fingerprint density at radius 3 is 2.77 bits per heavy atom. The van der Waals surface area contributed by atoms with Gasteiger partial charge in [0.2, 0.25) is 0 Å². The van der Waals surface area contributed by atoms with E-state index < -0.39 is 0 Å². The van der Waals surface area contributed by atoms with E-state index in [1.54, 1.807) is 0 Å². The SMILES string of the molecule is CCOC(=O)C/C=C/C1CNC1.Cl. The maximum absolute atomic E-state index is 10.8. The van der Waals surface area contributed by atoms with Crippen molar-refractivity contribution in [1.29, 1.82) is 0 Å². The van der Waals surface area contributed by atoms with Crippen LogP contribution in [0.3, 0.4) is 0 Å². The fourth-order valence-corrected chi connectivity index (χ4v) is 1.02. The Bertz CT molecular complexity index is 178. The van der Waals surface area contributed by atoms with Crippen LogP contribution in [0.25, 0.3) is 0 Å². The fourth-order valence-electron chi connectivity index (χ4n) is 1.02. The van der Waals surface area contributed by atoms with E-state index in [2.05, 4.69) is 11.4 Å². The second kappa shape index (κ2) is 6.92. The Hall–Kier alpha value is -0.540. The van der Waals surface area contributed by atoms with E-state index in [0.29, 0.717) is 18.9 Å². The van der Waals surface area contributed by atoms with Crippen LogP contribution in [-0.4, -0.2) is 25.7 Å². The van der Waals surface area contributed by atoms with Gasteiger partial charge in [-0.05, 0) is 6.92 Å². The first-order chi connectivity index (χ1) is 5.83. The van der Waals surface area contributed by atoms with Crippen molar-refractivity contribution < 1.29 is 9.53 Å². The molecule has 0 radical (unpaired) electrons. The number of esters is 1. The minimum absolute atomic E-state index is 0. The summed E-state index contributed by atoms with van der Waals surface area (Å²) in [6.07, 6.45) is 4.38. The fraction of sp³-hybridized carbons (Fsp3) is 0.667. The van der Waals surface area contributed by atoms with Crippen LogP contribution in [0.15, 0.2) is 12.2 Å². The van der Waals surface area contributed by atoms with Crippen molar-refractivity contribution in [3.63, 3.8) is 0 Å². The normalized spacial score (nSPS) is 16.4. The van der Waals surface area contributed by atoms with Gasteiger partial charge in [-0.25, -0.2) is 0 Å². The van der Waals surface area contributed by atoms with Gasteiger partial charge in [0.25, 0.3) is 0 Å². The number of nitrogens with one attached hydrogen (secondary N) is 1. The van der Waals surface area contributed by atoms with Gasteiger partial charge in [-0.2, -0.15) is 0 Å². The molecule has 0 bridgehead atoms. The van der Waals surface area contributed by atoms with E-state index in [1.165, 1.54) is 0 Å². The van der Waals surface area contributed by atoms with Gasteiger partial charge >= 0.3 is 5.97 Å². The Morgan fingerprint density at radius 1 is 1.62 bits per heavy atom. The van der Waals surface area contributed by atoms with Crippen LogP contribution in [0.2, 0.25) is 0 Å². The molecule has 0 aromatic carbocycles. The first kappa shape index (κ1) is 12.5. The number of ether oxygens (including phenoxy) is 1. The van der Waals surface area contributed by atoms with Crippen LogP contribution >= 0.6 is 12.4 Å². The van der Waals surface area contributed by atoms with E-state index in [1.807, 2.05) is 13.0 Å². The lowest BCUT2D eigenvalue weighted by molar-refractivity contribution is -0.142. The molecule has 0 aliphatic carbocycles. The van der Waals surface area contributed by atoms with Crippen LogP contribution in [0.5, 0.6) is 0 Å². The summed E-state index contributed by atoms with van der Waals surface area (Å²) in [5.41, 5.74) is 0. The first-order valence-electron chi connectivity index (χ1n) is 4.36. The third kappa shape index (κ3) is 4.90. The number of carbonyl (C=O) groups excluding carboxylic acids is 1. The van der Waals surface area contributed by atoms with E-state index in [9.17, 15) is 4.79 Å². The second-order valence-corrected chi connectivity index (χ2v) is 2.86. The highest BCUT2D eigenvalue weighted by molar-refractivity contribution is 5.85. The van der Waals surface area contributed by atoms with E-state index in [0.717, 1.165) is 13.1 Å². The summed E-state index contributed by atoms with van der Waals surface area (Å²) in [4.78, 5) is 10.8. The summed E-state index contributed by atoms with van der Waals surface area (Å²) < 4.78 is 4.77. The van der Waals surface area contributed by atoms with Crippen LogP contribution < -0.4 is 5.32 Å². The molecule has 3 nitrogen and oxygen atoms in total. The Labute approximate surface area is 84.9 Å². The van der Waals surface area contributed by atoms with Crippen molar-refractivity contribution in [2.75, 3.05) is 19.7 Å². The van der Waals surface area contributed by atoms with Gasteiger partial charge in [-0.1, -0.05) is 12.2 Å². The first-order valence-corrected chi connectivity index (χ1v) is 4.36. The van der Waals surface area contributed by atoms with E-state index in [4.69, 9.17) is 4.74 Å². The molecular formula is C9H16ClNO2. The molecule has 1 aliphatic rings. The average Bonchev–Trinajstić information content (AvgIpc) is 1.95. The quantitative estimate of drug-likeness (QED) is 0.553. The predicted molar refractivity (Wildman–Crippen MR) is 54.0 cm³/mol. The zero-order chi connectivity index (χ0) is 8.81. The summed E-state index contributed by atoms with van der Waals surface area (Å²) in [5.74, 6) is 0.487. The third-order valence-corrected chi connectivity index (χ3v) is 1.81. The predicted octanol–water partition coefficient (Wildman–Crippen LogP) is 1.14. The van der Waals surface area contributed by atoms with Crippen LogP contribution in [0.1, 0.15) is 13.3 Å². The molecule has 0 amide bonds. The van der Waals surface area contributed by atoms with Crippen LogP contribution in [0, 0.1) is 5.92 Å². The topological polar surface area (TPSA) is 38.3 Å². The van der Waals surface area contributed by atoms with Crippen molar-refractivity contribution >= 4 is 18.4 Å². The third-order valence-electron chi connectivity index (χ3n) is 1.81. The maximum Gasteiger partial charge on any atom is 0.309 e. The lowest BCUT2D eigenvalue weighted by atomic mass is 10.0. The lowest BCUT2D eigenvalue weighted by Crippen LogP contribution is -2.40. The molecule has 0 saturated carbocycles. The average molecular weight is 206 g/mol. The largest absolute Gasteiger partial charge is 0.466 e. The van der Waals surface area contributed by atoms with Crippen molar-refractivity contribution in [3.8, 4) is 0 Å². The van der Waals surface area contributed by atoms with Gasteiger partial charge in [0.1, 0.15) is 0 Å². The summed E-state index contributed by atoms with van der Waals surface area (Å²) in [6.45, 7) is 4.37. The van der Waals surface area contributed by atoms with Crippen molar-refractivity contribution in [1.82, 2.24) is 5.32 Å². The number of hydrogen-bond donors (Lipinski definition) is 1. The smallest absolute Gasteiger partial charge is 0.309 e. The van der Waals surface area contributed by atoms with Crippen LogP contribution in [-0.2, 0) is 9.53 Å². The van der Waals surface area contributed by atoms with Crippen molar-refractivity contribution in [3.05, 3.63) is 12.2 Å². The molecule has 0 atom stereocenters. The maximum atomic E-state index is 10.8. The molecular weight excluding hydrogens is 190 g/mol. The number of halogens is 1. The van der Waals surface area contributed by atoms with Gasteiger partial charge in [-0.15, -0.1) is 12.4 Å². The molecule has 1 aliphatic heterocycles. The lowest BCUT2D eigenvalue weighted by Gasteiger charge is -2.23. The Morgan fingerprint density at radius 2 is 2.31 bits per heavy atom. The zero-order valence-electron chi connectivity index (χ0n) is 7.79. The molecule has 1 heterocycles. The molecule has 1 N–H and O–H groups in total. The zero-order valence-corrected chi connectivity index (χ0v) is 8.60. The molecule has 4 heteroatoms. The van der Waals surface area contributed by atoms with Crippen molar-refractivity contribution in [2.45, 2.75) is 13.3 Å². The summed E-state index contributed by atoms with van der Waals surface area (Å²) >= 11 is 0. The molecule has 0 aromatic rings. The van der Waals surface area contributed by atoms with E-state index in [-0.39, 0.29) is 18.4 Å². The Kier molecular flexibility index (Phi) is 6.63. The van der Waals surface area contributed by atoms with Gasteiger partial charge in [-0.3, -0.25) is 4.79 Å². The monoisotopic (exact) mass is 205 g/mol. The second-order valence-electron chi connectivity index (χ2n) is 2.86. The minimum Gasteiger partial charge on any atom is -0.466 e. The highest BCUT2D eigenvalue weighted by Gasteiger charge is 2.12. The molecule has 1 rings (SSSR count). The molecule has 0 spiro atoms. The highest BCUT2D eigenvalue weighted by atomic mass is 35.5. The summed E-state index contributed by atoms with van der Waals surface area (Å²) in [6, 6.07) is 0. The molecule has 76 valence electrons. The number of rotatable bonds is 4. The van der Waals surface area contributed by atoms with Gasteiger partial charge in [0, 0.05) is 19.0 Å². The standard InChI is InChI=1S/C9H15NO2.ClH/c1-2-12-9(11)5-3-4-8-6-10-7-8;/h3-4,8,10H,2,5-7H2,1H3;1H/b4-3+;. The van der Waals surface area contributed by atoms with Crippen LogP contribution in [0.4, 0.5) is 0 Å². The van der Waals surface area contributed by atoms with Gasteiger partial charge in [0.15, 0.2) is 0 Å². The van der Waals surface area contributed by atoms with Crippen molar-refractivity contribution in [2.24, 2.45) is 5.92 Å².